The molecule has 127 heavy (non-hydrogen) atoms. The quantitative estimate of drug-likeness (QED) is 0.0886. The molecule has 1 aliphatic carbocycles. The molecule has 0 radical (unpaired) electrons. The summed E-state index contributed by atoms with van der Waals surface area (Å²) in [6.45, 7) is 39.1. The topological polar surface area (TPSA) is 288 Å². The molecule has 5 aliphatic rings. The number of aromatic nitrogens is 19. The number of anilines is 3. The van der Waals surface area contributed by atoms with Gasteiger partial charge in [0, 0.05) is 164 Å². The lowest BCUT2D eigenvalue weighted by molar-refractivity contribution is 0.164. The van der Waals surface area contributed by atoms with Crippen LogP contribution in [0.3, 0.4) is 0 Å². The number of fused-ring (bicyclic) bond motifs is 8. The van der Waals surface area contributed by atoms with E-state index in [1.165, 1.54) is 24.8 Å². The number of imidazole rings is 1. The van der Waals surface area contributed by atoms with Crippen molar-refractivity contribution in [3.63, 3.8) is 0 Å². The van der Waals surface area contributed by atoms with Crippen LogP contribution < -0.4 is 36.9 Å². The molecule has 1 saturated carbocycles. The average molecular weight is 1710 g/mol. The normalized spacial score (nSPS) is 16.0. The van der Waals surface area contributed by atoms with Crippen LogP contribution in [0.1, 0.15) is 131 Å². The van der Waals surface area contributed by atoms with Crippen molar-refractivity contribution >= 4 is 61.8 Å². The summed E-state index contributed by atoms with van der Waals surface area (Å²) in [6.07, 6.45) is 25.8. The Labute approximate surface area is 735 Å². The van der Waals surface area contributed by atoms with E-state index >= 15 is 0 Å². The van der Waals surface area contributed by atoms with E-state index in [-0.39, 0.29) is 28.8 Å². The summed E-state index contributed by atoms with van der Waals surface area (Å²) in [7, 11) is 0. The zero-order valence-electron chi connectivity index (χ0n) is 74.6. The summed E-state index contributed by atoms with van der Waals surface area (Å²) in [6, 6.07) is 31.7. The maximum Gasteiger partial charge on any atom is 0.258 e. The van der Waals surface area contributed by atoms with Gasteiger partial charge < -0.3 is 29.1 Å². The van der Waals surface area contributed by atoms with Crippen LogP contribution in [-0.2, 0) is 19.3 Å². The number of β-amino-alcohol motifs (C(OH)–C–C–N with tert-alkyl or cyclic N) is 1. The minimum absolute atomic E-state index is 0.0703. The smallest absolute Gasteiger partial charge is 0.258 e. The first-order valence-electron chi connectivity index (χ1n) is 45.1. The van der Waals surface area contributed by atoms with E-state index in [1.54, 1.807) is 41.9 Å². The number of hydrogen-bond acceptors (Lipinski definition) is 23. The fourth-order valence-corrected chi connectivity index (χ4v) is 18.4. The molecule has 1 N–H and O–H groups in total. The predicted octanol–water partition coefficient (Wildman–Crippen LogP) is 11.0. The predicted molar refractivity (Wildman–Crippen MR) is 498 cm³/mol. The van der Waals surface area contributed by atoms with Crippen molar-refractivity contribution in [3.05, 3.63) is 245 Å². The van der Waals surface area contributed by atoms with Gasteiger partial charge in [0.1, 0.15) is 45.3 Å². The second-order valence-corrected chi connectivity index (χ2v) is 34.6. The lowest BCUT2D eigenvalue weighted by Gasteiger charge is -2.38. The van der Waals surface area contributed by atoms with Crippen LogP contribution in [0.15, 0.2) is 172 Å². The Morgan fingerprint density at radius 2 is 0.772 bits per heavy atom. The number of piperazine rings is 3. The van der Waals surface area contributed by atoms with Gasteiger partial charge >= 0.3 is 0 Å². The van der Waals surface area contributed by atoms with E-state index in [2.05, 4.69) is 135 Å². The van der Waals surface area contributed by atoms with Crippen molar-refractivity contribution in [1.29, 1.82) is 0 Å². The molecule has 31 nitrogen and oxygen atoms in total. The fourth-order valence-electron chi connectivity index (χ4n) is 18.4. The van der Waals surface area contributed by atoms with Gasteiger partial charge in [0.15, 0.2) is 0 Å². The van der Waals surface area contributed by atoms with Crippen LogP contribution in [0.4, 0.5) is 17.1 Å². The van der Waals surface area contributed by atoms with Crippen LogP contribution in [0, 0.1) is 34.6 Å². The summed E-state index contributed by atoms with van der Waals surface area (Å²) in [5.41, 5.74) is 23.4. The summed E-state index contributed by atoms with van der Waals surface area (Å²) < 4.78 is 14.1. The van der Waals surface area contributed by atoms with Crippen molar-refractivity contribution in [2.45, 2.75) is 146 Å². The van der Waals surface area contributed by atoms with Gasteiger partial charge in [-0.3, -0.25) is 66.4 Å². The number of hydrogen-bond donors (Lipinski definition) is 1. The van der Waals surface area contributed by atoms with Crippen LogP contribution in [0.25, 0.3) is 90.2 Å². The molecule has 4 saturated heterocycles. The molecular weight excluding hydrogens is 1600 g/mol. The summed E-state index contributed by atoms with van der Waals surface area (Å²) in [5.74, 6) is 0.431. The Morgan fingerprint density at radius 1 is 0.378 bits per heavy atom. The molecule has 4 aliphatic heterocycles. The molecule has 0 bridgehead atoms. The number of aliphatic hydroxyl groups is 1. The third kappa shape index (κ3) is 18.1. The van der Waals surface area contributed by atoms with E-state index in [0.717, 1.165) is 233 Å². The van der Waals surface area contributed by atoms with Gasteiger partial charge in [-0.05, 0) is 203 Å². The van der Waals surface area contributed by atoms with E-state index in [1.807, 2.05) is 157 Å². The number of rotatable bonds is 17. The fraction of sp³-hybridized carbons (Fsp3) is 0.406. The Balaban J connectivity index is 0.000000115. The van der Waals surface area contributed by atoms with Crippen LogP contribution in [-0.4, -0.2) is 239 Å². The van der Waals surface area contributed by atoms with Gasteiger partial charge in [-0.25, -0.2) is 38.5 Å². The average Bonchev–Trinajstić information content (AvgIpc) is 1.73. The standard InChI is InChI=1S/C24H27N7O.2C24H29N7O.C24H27N5O2/c1-3-19-22-12-21(27-31(22)14-16(2)25-19)20-13-24(32)30-15-18(6-7-23(30)26-20)29-10-8-28(9-11-29)17-4-5-17;1-5-19-22-12-21(27-31(22)14-17(4)25-19)20-13-24(32)30-15-18(6-7-23(30)26-20)29-10-8-28(9-11-29)16(2)3;1-4-8-28-9-11-29(12-10-28)18-6-7-23-26-20(14-24(32)30(23)16-18)21-13-22-19(5-2)25-17(3)15-31(22)27-21;1-16-11-20(14-28-13-17(2)25-24(16)28)21-12-23(31)29-15-19(3-4-22(29)26-21)18-5-7-27(8-6-18)9-10-30/h6-7,12-15,17H,3-5,8-11H2,1-2H3;6-7,12-16H,5,8-11H2,1-4H3;6-7,13-16H,4-5,8-12H2,1-3H3;3-4,11-15,18,30H,5-10H2,1-2H3. The number of aryl methyl sites for hydroxylation is 8. The van der Waals surface area contributed by atoms with E-state index in [9.17, 15) is 19.2 Å². The maximum absolute atomic E-state index is 13.0. The van der Waals surface area contributed by atoms with E-state index in [0.29, 0.717) is 74.4 Å². The van der Waals surface area contributed by atoms with Crippen molar-refractivity contribution in [2.24, 2.45) is 0 Å². The molecule has 656 valence electrons. The molecule has 16 aromatic heterocycles. The Hall–Kier alpha value is -12.8. The number of likely N-dealkylation sites (tertiary alicyclic amines) is 1. The number of aliphatic hydroxyl groups excluding tert-OH is 1. The highest BCUT2D eigenvalue weighted by molar-refractivity contribution is 5.71. The molecule has 0 unspecified atom stereocenters. The third-order valence-corrected chi connectivity index (χ3v) is 25.4. The second kappa shape index (κ2) is 36.3. The number of pyridine rings is 5. The molecular formula is C96H112N26O5. The zero-order chi connectivity index (χ0) is 88.0. The first-order valence-corrected chi connectivity index (χ1v) is 45.1. The van der Waals surface area contributed by atoms with Crippen LogP contribution >= 0.6 is 0 Å². The molecule has 20 heterocycles. The van der Waals surface area contributed by atoms with Gasteiger partial charge in [0.05, 0.1) is 121 Å². The third-order valence-electron chi connectivity index (χ3n) is 25.4. The lowest BCUT2D eigenvalue weighted by atomic mass is 9.90. The van der Waals surface area contributed by atoms with Crippen molar-refractivity contribution < 1.29 is 5.11 Å². The Kier molecular flexibility index (Phi) is 24.3. The second-order valence-electron chi connectivity index (χ2n) is 34.6. The summed E-state index contributed by atoms with van der Waals surface area (Å²) >= 11 is 0. The molecule has 0 amide bonds. The first-order chi connectivity index (χ1) is 61.6. The zero-order valence-corrected chi connectivity index (χ0v) is 74.6. The van der Waals surface area contributed by atoms with E-state index < -0.39 is 0 Å². The molecule has 0 aromatic carbocycles. The van der Waals surface area contributed by atoms with E-state index in [4.69, 9.17) is 25.0 Å². The molecule has 31 heteroatoms. The molecule has 0 atom stereocenters. The minimum Gasteiger partial charge on any atom is -0.395 e. The number of nitrogens with zero attached hydrogens (tertiary/aromatic N) is 26. The van der Waals surface area contributed by atoms with Crippen molar-refractivity contribution in [1.82, 2.24) is 110 Å². The van der Waals surface area contributed by atoms with Crippen LogP contribution in [0.5, 0.6) is 0 Å². The molecule has 5 fully saturated rings. The summed E-state index contributed by atoms with van der Waals surface area (Å²) in [4.78, 5) is 106. The molecule has 16 aromatic rings. The maximum atomic E-state index is 13.0. The largest absolute Gasteiger partial charge is 0.395 e. The van der Waals surface area contributed by atoms with Gasteiger partial charge in [0.25, 0.3) is 22.2 Å². The Morgan fingerprint density at radius 3 is 1.19 bits per heavy atom. The lowest BCUT2D eigenvalue weighted by Crippen LogP contribution is -2.49. The first kappa shape index (κ1) is 85.0. The highest BCUT2D eigenvalue weighted by atomic mass is 16.3. The SMILES string of the molecule is CCCN1CCN(c2ccc3nc(-c4cc5c(CC)nc(C)cn5n4)cc(=O)n3c2)CC1.CCc1nc(C)cn2nc(-c3cc(=O)n4cc(N5CCN(C(C)C)CC5)ccc4n3)cc12.CCc1nc(C)cn2nc(-c3cc(=O)n4cc(N5CCN(C6CC6)CC5)ccc4n3)cc12.Cc1cn2cc(-c3cc(=O)n4cc(C5CCN(CCO)CC5)ccc4n3)cc(C)c2n1. The molecule has 0 spiro atoms. The highest BCUT2D eigenvalue weighted by Gasteiger charge is 2.32. The number of piperidine rings is 1. The molecule has 21 rings (SSSR count). The monoisotopic (exact) mass is 1710 g/mol. The highest BCUT2D eigenvalue weighted by Crippen LogP contribution is 2.33. The Bertz CT molecular complexity index is 6840. The van der Waals surface area contributed by atoms with Gasteiger partial charge in [-0.2, -0.15) is 15.3 Å². The minimum atomic E-state index is -0.102. The van der Waals surface area contributed by atoms with Gasteiger partial charge in [0.2, 0.25) is 0 Å². The van der Waals surface area contributed by atoms with Crippen molar-refractivity contribution in [3.8, 4) is 45.4 Å². The van der Waals surface area contributed by atoms with Crippen molar-refractivity contribution in [2.75, 3.05) is 126 Å². The van der Waals surface area contributed by atoms with Gasteiger partial charge in [-0.15, -0.1) is 0 Å². The van der Waals surface area contributed by atoms with Gasteiger partial charge in [-0.1, -0.05) is 33.8 Å². The summed E-state index contributed by atoms with van der Waals surface area (Å²) in [5, 5.41) is 23.1. The van der Waals surface area contributed by atoms with Crippen LogP contribution in [0.2, 0.25) is 0 Å².